The second-order valence-electron chi connectivity index (χ2n) is 8.01. The number of carboxylic acids is 1. The molecule has 0 unspecified atom stereocenters. The smallest absolute Gasteiger partial charge is 0.335 e. The number of quaternary nitrogens is 1. The second-order valence-corrected chi connectivity index (χ2v) is 8.01. The van der Waals surface area contributed by atoms with Crippen molar-refractivity contribution >= 4 is 17.9 Å². The largest absolute Gasteiger partial charge is 0.478 e. The summed E-state index contributed by atoms with van der Waals surface area (Å²) in [6.07, 6.45) is 0.680. The molecule has 0 fully saturated rings. The van der Waals surface area contributed by atoms with Gasteiger partial charge in [-0.25, -0.2) is 9.78 Å². The molecule has 148 valence electrons. The van der Waals surface area contributed by atoms with Crippen molar-refractivity contribution < 1.29 is 23.6 Å². The molecule has 0 spiro atoms. The number of hydrogen-bond donors (Lipinski definition) is 1. The van der Waals surface area contributed by atoms with Gasteiger partial charge >= 0.3 is 5.97 Å². The van der Waals surface area contributed by atoms with Crippen LogP contribution in [0.15, 0.2) is 46.9 Å². The molecule has 0 saturated heterocycles. The molecule has 0 bridgehead atoms. The van der Waals surface area contributed by atoms with Crippen LogP contribution in [0.4, 0.5) is 5.69 Å². The molecule has 0 saturated carbocycles. The van der Waals surface area contributed by atoms with Crippen molar-refractivity contribution in [2.24, 2.45) is 0 Å². The maximum Gasteiger partial charge on any atom is 0.335 e. The number of nitrogens with zero attached hydrogens (tertiary/aromatic N) is 3. The molecule has 1 aliphatic rings. The molecule has 0 atom stereocenters. The number of aldehydes is 1. The molecular weight excluding hydrogens is 370 g/mol. The first kappa shape index (κ1) is 18.9. The van der Waals surface area contributed by atoms with Gasteiger partial charge in [0.25, 0.3) is 0 Å². The van der Waals surface area contributed by atoms with Gasteiger partial charge in [0.2, 0.25) is 5.89 Å². The Labute approximate surface area is 168 Å². The average molecular weight is 392 g/mol. The molecule has 1 N–H and O–H groups in total. The minimum Gasteiger partial charge on any atom is -0.478 e. The van der Waals surface area contributed by atoms with E-state index in [9.17, 15) is 9.59 Å². The highest BCUT2D eigenvalue weighted by atomic mass is 16.4. The molecule has 4 rings (SSSR count). The van der Waals surface area contributed by atoms with E-state index in [1.807, 2.05) is 12.1 Å². The first-order valence-corrected chi connectivity index (χ1v) is 9.23. The van der Waals surface area contributed by atoms with Gasteiger partial charge in [-0.15, -0.1) is 0 Å². The van der Waals surface area contributed by atoms with Crippen LogP contribution < -0.4 is 4.90 Å². The molecule has 0 radical (unpaired) electrons. The fourth-order valence-electron chi connectivity index (χ4n) is 3.88. The lowest BCUT2D eigenvalue weighted by Crippen LogP contribution is -2.50. The van der Waals surface area contributed by atoms with Crippen LogP contribution in [0, 0.1) is 0 Å². The zero-order valence-corrected chi connectivity index (χ0v) is 16.5. The van der Waals surface area contributed by atoms with Crippen molar-refractivity contribution in [1.82, 2.24) is 4.98 Å². The Kier molecular flexibility index (Phi) is 4.47. The predicted molar refractivity (Wildman–Crippen MR) is 109 cm³/mol. The average Bonchev–Trinajstić information content (AvgIpc) is 3.11. The topological polar surface area (TPSA) is 83.6 Å². The minimum atomic E-state index is -1.00. The van der Waals surface area contributed by atoms with Crippen LogP contribution >= 0.6 is 0 Å². The van der Waals surface area contributed by atoms with Crippen LogP contribution in [0.25, 0.3) is 22.8 Å². The van der Waals surface area contributed by atoms with Gasteiger partial charge in [-0.1, -0.05) is 0 Å². The summed E-state index contributed by atoms with van der Waals surface area (Å²) in [5.74, 6) is -0.304. The van der Waals surface area contributed by atoms with Crippen LogP contribution in [0.2, 0.25) is 0 Å². The number of aromatic carboxylic acids is 1. The van der Waals surface area contributed by atoms with Gasteiger partial charge in [-0.2, -0.15) is 0 Å². The van der Waals surface area contributed by atoms with Crippen LogP contribution in [0.3, 0.4) is 0 Å². The van der Waals surface area contributed by atoms with E-state index in [2.05, 4.69) is 37.1 Å². The van der Waals surface area contributed by atoms with Gasteiger partial charge in [0.15, 0.2) is 24.4 Å². The van der Waals surface area contributed by atoms with Gasteiger partial charge in [0, 0.05) is 29.4 Å². The number of carbonyl (C=O) groups is 2. The van der Waals surface area contributed by atoms with Crippen molar-refractivity contribution in [2.75, 3.05) is 32.7 Å². The highest BCUT2D eigenvalue weighted by molar-refractivity contribution is 5.88. The van der Waals surface area contributed by atoms with Crippen LogP contribution in [-0.4, -0.2) is 54.6 Å². The number of hydrogen-bond acceptors (Lipinski definition) is 5. The molecule has 2 aromatic carbocycles. The lowest BCUT2D eigenvalue weighted by molar-refractivity contribution is -0.904. The fourth-order valence-corrected chi connectivity index (χ4v) is 3.88. The Morgan fingerprint density at radius 3 is 2.52 bits per heavy atom. The highest BCUT2D eigenvalue weighted by Gasteiger charge is 2.28. The summed E-state index contributed by atoms with van der Waals surface area (Å²) in [6, 6.07) is 12.2. The quantitative estimate of drug-likeness (QED) is 0.540. The second kappa shape index (κ2) is 6.86. The Morgan fingerprint density at radius 2 is 1.86 bits per heavy atom. The van der Waals surface area contributed by atoms with E-state index in [1.165, 1.54) is 23.4 Å². The summed E-state index contributed by atoms with van der Waals surface area (Å²) in [6.45, 7) is 1.80. The van der Waals surface area contributed by atoms with E-state index in [0.29, 0.717) is 17.6 Å². The molecule has 2 heterocycles. The number of benzene rings is 2. The fraction of sp³-hybridized carbons (Fsp3) is 0.227. The van der Waals surface area contributed by atoms with Crippen LogP contribution in [0.5, 0.6) is 0 Å². The van der Waals surface area contributed by atoms with Gasteiger partial charge in [0.05, 0.1) is 19.7 Å². The van der Waals surface area contributed by atoms with Gasteiger partial charge in [-0.3, -0.25) is 4.79 Å². The lowest BCUT2D eigenvalue weighted by atomic mass is 10.0. The van der Waals surface area contributed by atoms with Crippen LogP contribution in [0.1, 0.15) is 26.4 Å². The molecule has 0 amide bonds. The van der Waals surface area contributed by atoms with E-state index in [-0.39, 0.29) is 17.1 Å². The highest BCUT2D eigenvalue weighted by Crippen LogP contribution is 2.35. The summed E-state index contributed by atoms with van der Waals surface area (Å²) < 4.78 is 6.78. The number of anilines is 1. The minimum absolute atomic E-state index is 0.177. The predicted octanol–water partition coefficient (Wildman–Crippen LogP) is 3.50. The first-order valence-electron chi connectivity index (χ1n) is 9.23. The number of oxazole rings is 1. The normalized spacial score (nSPS) is 15.1. The van der Waals surface area contributed by atoms with E-state index in [4.69, 9.17) is 9.52 Å². The monoisotopic (exact) mass is 392 g/mol. The van der Waals surface area contributed by atoms with Gasteiger partial charge in [-0.05, 0) is 42.5 Å². The van der Waals surface area contributed by atoms with Crippen molar-refractivity contribution in [3.05, 3.63) is 59.3 Å². The molecule has 0 aliphatic carbocycles. The number of fused-ring (bicyclic) bond motifs is 1. The molecule has 3 aromatic rings. The zero-order valence-electron chi connectivity index (χ0n) is 16.5. The van der Waals surface area contributed by atoms with E-state index >= 15 is 0 Å². The Morgan fingerprint density at radius 1 is 1.17 bits per heavy atom. The third-order valence-electron chi connectivity index (χ3n) is 5.09. The van der Waals surface area contributed by atoms with Crippen molar-refractivity contribution in [2.45, 2.75) is 6.54 Å². The van der Waals surface area contributed by atoms with Crippen molar-refractivity contribution in [1.29, 1.82) is 0 Å². The van der Waals surface area contributed by atoms with Gasteiger partial charge in [0.1, 0.15) is 6.54 Å². The van der Waals surface area contributed by atoms with E-state index < -0.39 is 5.97 Å². The first-order chi connectivity index (χ1) is 13.8. The zero-order chi connectivity index (χ0) is 20.8. The maximum absolute atomic E-state index is 11.6. The van der Waals surface area contributed by atoms with E-state index in [1.54, 1.807) is 12.1 Å². The van der Waals surface area contributed by atoms with Gasteiger partial charge < -0.3 is 18.9 Å². The van der Waals surface area contributed by atoms with Crippen LogP contribution in [-0.2, 0) is 6.54 Å². The maximum atomic E-state index is 11.6. The molecule has 1 aliphatic heterocycles. The Hall–Kier alpha value is -3.45. The number of aromatic nitrogens is 1. The summed E-state index contributed by atoms with van der Waals surface area (Å²) in [5, 5.41) is 9.04. The van der Waals surface area contributed by atoms with E-state index in [0.717, 1.165) is 23.3 Å². The summed E-state index contributed by atoms with van der Waals surface area (Å²) in [4.78, 5) is 29.2. The third kappa shape index (κ3) is 3.52. The van der Waals surface area contributed by atoms with Crippen molar-refractivity contribution in [3.8, 4) is 22.8 Å². The Bertz CT molecular complexity index is 1100. The Balaban J connectivity index is 1.74. The summed E-state index contributed by atoms with van der Waals surface area (Å²) >= 11 is 0. The third-order valence-corrected chi connectivity index (χ3v) is 5.09. The number of carboxylic acid groups (broad SMARTS) is 1. The molecule has 7 nitrogen and oxygen atoms in total. The standard InChI is InChI=1S/C22H21N3O4/c1-24-13-25(2,3)11-17-10-16(8-9-19(17)24)20-18(12-26)23-21(29-20)14-4-6-15(7-5-14)22(27)28/h4-10,12H,11,13H2,1-3H3/p+1. The molecule has 7 heteroatoms. The molecular formula is C22H22N3O4+. The summed E-state index contributed by atoms with van der Waals surface area (Å²) in [5.41, 5.74) is 4.16. The molecule has 29 heavy (non-hydrogen) atoms. The molecule has 1 aromatic heterocycles. The SMILES string of the molecule is CN1C[N+](C)(C)Cc2cc(-c3oc(-c4ccc(C(=O)O)cc4)nc3C=O)ccc21. The number of carbonyl (C=O) groups excluding carboxylic acids is 1. The lowest BCUT2D eigenvalue weighted by Gasteiger charge is -2.40. The summed E-state index contributed by atoms with van der Waals surface area (Å²) in [7, 11) is 6.43. The number of rotatable bonds is 4. The van der Waals surface area contributed by atoms with Crippen molar-refractivity contribution in [3.63, 3.8) is 0 Å².